The van der Waals surface area contributed by atoms with Crippen LogP contribution in [-0.2, 0) is 9.59 Å². The largest absolute Gasteiger partial charge is 0.391 e. The fourth-order valence-corrected chi connectivity index (χ4v) is 4.89. The Morgan fingerprint density at radius 2 is 2.10 bits per heavy atom. The van der Waals surface area contributed by atoms with Crippen molar-refractivity contribution in [2.75, 3.05) is 20.1 Å². The maximum atomic E-state index is 13.6. The van der Waals surface area contributed by atoms with E-state index >= 15 is 0 Å². The van der Waals surface area contributed by atoms with E-state index in [0.29, 0.717) is 13.1 Å². The third-order valence-electron chi connectivity index (χ3n) is 6.70. The Bertz CT molecular complexity index is 977. The summed E-state index contributed by atoms with van der Waals surface area (Å²) in [6, 6.07) is 3.23. The fourth-order valence-electron chi connectivity index (χ4n) is 4.89. The molecule has 2 amide bonds. The highest BCUT2D eigenvalue weighted by atomic mass is 19.1. The van der Waals surface area contributed by atoms with Crippen molar-refractivity contribution >= 4 is 22.7 Å². The van der Waals surface area contributed by atoms with Gasteiger partial charge in [-0.1, -0.05) is 0 Å². The van der Waals surface area contributed by atoms with Gasteiger partial charge in [0.2, 0.25) is 11.8 Å². The number of aromatic amines is 1. The standard InChI is InChI=1S/C22H30FN5O3/c1-11(24-3)21(30)27-19(12(2)29)22(31)28-7-6-17-20(28)16(10-25-17)15-9-26-18-8-13(23)4-5-14(15)18/h4-5,8-9,11-12,16-17,19-20,24-26,29H,6-7,10H2,1-3H3,(H,27,30)/t11-,12+,16+,17+,19-,20+/m0/s1. The first-order valence-electron chi connectivity index (χ1n) is 10.8. The number of carbonyl (C=O) groups is 2. The average Bonchev–Trinajstić information content (AvgIpc) is 3.44. The number of likely N-dealkylation sites (N-methyl/N-ethyl adjacent to an activating group) is 1. The Balaban J connectivity index is 1.60. The van der Waals surface area contributed by atoms with Crippen LogP contribution < -0.4 is 16.0 Å². The lowest BCUT2D eigenvalue weighted by Gasteiger charge is -2.33. The molecule has 3 heterocycles. The maximum Gasteiger partial charge on any atom is 0.248 e. The summed E-state index contributed by atoms with van der Waals surface area (Å²) in [6.07, 6.45) is 1.67. The zero-order valence-electron chi connectivity index (χ0n) is 18.0. The van der Waals surface area contributed by atoms with E-state index in [1.807, 2.05) is 6.20 Å². The van der Waals surface area contributed by atoms with Crippen molar-refractivity contribution in [3.8, 4) is 0 Å². The number of fused-ring (bicyclic) bond motifs is 2. The van der Waals surface area contributed by atoms with Crippen molar-refractivity contribution in [3.05, 3.63) is 35.8 Å². The molecule has 0 unspecified atom stereocenters. The van der Waals surface area contributed by atoms with Gasteiger partial charge in [-0.3, -0.25) is 9.59 Å². The van der Waals surface area contributed by atoms with E-state index in [4.69, 9.17) is 0 Å². The summed E-state index contributed by atoms with van der Waals surface area (Å²) >= 11 is 0. The first kappa shape index (κ1) is 21.7. The Morgan fingerprint density at radius 3 is 2.81 bits per heavy atom. The molecule has 31 heavy (non-hydrogen) atoms. The molecule has 0 radical (unpaired) electrons. The number of aromatic nitrogens is 1. The van der Waals surface area contributed by atoms with Crippen molar-refractivity contribution in [2.45, 2.75) is 56.5 Å². The lowest BCUT2D eigenvalue weighted by atomic mass is 9.91. The number of likely N-dealkylation sites (tertiary alicyclic amines) is 1. The summed E-state index contributed by atoms with van der Waals surface area (Å²) in [7, 11) is 1.66. The molecule has 2 aromatic rings. The van der Waals surface area contributed by atoms with Gasteiger partial charge in [0, 0.05) is 42.1 Å². The van der Waals surface area contributed by atoms with Gasteiger partial charge in [0.25, 0.3) is 0 Å². The van der Waals surface area contributed by atoms with Gasteiger partial charge in [-0.15, -0.1) is 0 Å². The SMILES string of the molecule is CN[C@@H](C)C(=O)N[C@H](C(=O)N1CC[C@H]2NC[C@H](c3c[nH]c4cc(F)ccc34)[C@H]21)[C@@H](C)O. The molecule has 9 heteroatoms. The zero-order chi connectivity index (χ0) is 22.3. The van der Waals surface area contributed by atoms with Crippen molar-refractivity contribution < 1.29 is 19.1 Å². The van der Waals surface area contributed by atoms with Crippen LogP contribution in [0.15, 0.2) is 24.4 Å². The monoisotopic (exact) mass is 431 g/mol. The van der Waals surface area contributed by atoms with Crippen LogP contribution in [0.2, 0.25) is 0 Å². The highest BCUT2D eigenvalue weighted by Gasteiger charge is 2.48. The third kappa shape index (κ3) is 3.93. The highest BCUT2D eigenvalue weighted by Crippen LogP contribution is 2.39. The number of aliphatic hydroxyl groups is 1. The lowest BCUT2D eigenvalue weighted by Crippen LogP contribution is -2.58. The summed E-state index contributed by atoms with van der Waals surface area (Å²) in [6.45, 7) is 4.46. The Labute approximate surface area is 180 Å². The molecule has 2 fully saturated rings. The van der Waals surface area contributed by atoms with Gasteiger partial charge < -0.3 is 30.9 Å². The first-order valence-corrected chi connectivity index (χ1v) is 10.8. The smallest absolute Gasteiger partial charge is 0.248 e. The number of halogens is 1. The Hall–Kier alpha value is -2.49. The quantitative estimate of drug-likeness (QED) is 0.456. The fraction of sp³-hybridized carbons (Fsp3) is 0.545. The predicted molar refractivity (Wildman–Crippen MR) is 115 cm³/mol. The molecular formula is C22H30FN5O3. The van der Waals surface area contributed by atoms with E-state index in [2.05, 4.69) is 20.9 Å². The molecule has 2 aliphatic rings. The van der Waals surface area contributed by atoms with E-state index < -0.39 is 18.2 Å². The summed E-state index contributed by atoms with van der Waals surface area (Å²) in [5.41, 5.74) is 1.76. The normalized spacial score (nSPS) is 26.0. The molecular weight excluding hydrogens is 401 g/mol. The number of aliphatic hydroxyl groups excluding tert-OH is 1. The van der Waals surface area contributed by atoms with E-state index in [9.17, 15) is 19.1 Å². The van der Waals surface area contributed by atoms with Gasteiger partial charge >= 0.3 is 0 Å². The second-order valence-electron chi connectivity index (χ2n) is 8.60. The van der Waals surface area contributed by atoms with Crippen LogP contribution in [0.5, 0.6) is 0 Å². The number of amides is 2. The van der Waals surface area contributed by atoms with Gasteiger partial charge in [0.1, 0.15) is 11.9 Å². The number of nitrogens with one attached hydrogen (secondary N) is 4. The molecule has 5 N–H and O–H groups in total. The first-order chi connectivity index (χ1) is 14.8. The lowest BCUT2D eigenvalue weighted by molar-refractivity contribution is -0.140. The molecule has 2 aliphatic heterocycles. The van der Waals surface area contributed by atoms with Crippen LogP contribution in [0.4, 0.5) is 4.39 Å². The number of H-pyrrole nitrogens is 1. The second kappa shape index (κ2) is 8.57. The van der Waals surface area contributed by atoms with Gasteiger partial charge in [-0.05, 0) is 51.1 Å². The number of rotatable bonds is 6. The minimum absolute atomic E-state index is 0.0252. The zero-order valence-corrected chi connectivity index (χ0v) is 18.0. The summed E-state index contributed by atoms with van der Waals surface area (Å²) in [5.74, 6) is -0.888. The topological polar surface area (TPSA) is 109 Å². The Morgan fingerprint density at radius 1 is 1.32 bits per heavy atom. The number of hydrogen-bond donors (Lipinski definition) is 5. The highest BCUT2D eigenvalue weighted by molar-refractivity contribution is 5.91. The molecule has 168 valence electrons. The van der Waals surface area contributed by atoms with Gasteiger partial charge in [0.15, 0.2) is 0 Å². The van der Waals surface area contributed by atoms with Gasteiger partial charge in [-0.25, -0.2) is 4.39 Å². The summed E-state index contributed by atoms with van der Waals surface area (Å²) in [5, 5.41) is 20.3. The van der Waals surface area contributed by atoms with Crippen molar-refractivity contribution in [1.82, 2.24) is 25.8 Å². The van der Waals surface area contributed by atoms with E-state index in [-0.39, 0.29) is 35.6 Å². The van der Waals surface area contributed by atoms with E-state index in [1.165, 1.54) is 19.1 Å². The van der Waals surface area contributed by atoms with Crippen molar-refractivity contribution in [2.24, 2.45) is 0 Å². The third-order valence-corrected chi connectivity index (χ3v) is 6.70. The summed E-state index contributed by atoms with van der Waals surface area (Å²) in [4.78, 5) is 30.7. The van der Waals surface area contributed by atoms with Crippen LogP contribution in [0, 0.1) is 5.82 Å². The molecule has 4 rings (SSSR count). The molecule has 2 saturated heterocycles. The van der Waals surface area contributed by atoms with E-state index in [1.54, 1.807) is 24.9 Å². The molecule has 1 aromatic carbocycles. The van der Waals surface area contributed by atoms with Crippen LogP contribution in [0.25, 0.3) is 10.9 Å². The van der Waals surface area contributed by atoms with E-state index in [0.717, 1.165) is 22.9 Å². The number of hydrogen-bond acceptors (Lipinski definition) is 5. The van der Waals surface area contributed by atoms with Crippen molar-refractivity contribution in [3.63, 3.8) is 0 Å². The number of carbonyl (C=O) groups excluding carboxylic acids is 2. The van der Waals surface area contributed by atoms with Crippen LogP contribution in [0.3, 0.4) is 0 Å². The molecule has 0 saturated carbocycles. The van der Waals surface area contributed by atoms with Crippen LogP contribution in [-0.4, -0.2) is 77.2 Å². The second-order valence-corrected chi connectivity index (χ2v) is 8.60. The molecule has 0 bridgehead atoms. The van der Waals surface area contributed by atoms with Crippen molar-refractivity contribution in [1.29, 1.82) is 0 Å². The van der Waals surface area contributed by atoms with Gasteiger partial charge in [-0.2, -0.15) is 0 Å². The molecule has 6 atom stereocenters. The van der Waals surface area contributed by atoms with Gasteiger partial charge in [0.05, 0.1) is 18.2 Å². The molecule has 8 nitrogen and oxygen atoms in total. The Kier molecular flexibility index (Phi) is 6.00. The van der Waals surface area contributed by atoms with Crippen LogP contribution in [0.1, 0.15) is 31.7 Å². The maximum absolute atomic E-state index is 13.6. The van der Waals surface area contributed by atoms with Crippen LogP contribution >= 0.6 is 0 Å². The molecule has 0 spiro atoms. The number of nitrogens with zero attached hydrogens (tertiary/aromatic N) is 1. The minimum Gasteiger partial charge on any atom is -0.391 e. The number of benzene rings is 1. The summed E-state index contributed by atoms with van der Waals surface area (Å²) < 4.78 is 13.6. The predicted octanol–water partition coefficient (Wildman–Crippen LogP) is 0.437. The molecule has 1 aromatic heterocycles. The average molecular weight is 432 g/mol. The minimum atomic E-state index is -1.02. The molecule has 0 aliphatic carbocycles.